The van der Waals surface area contributed by atoms with Gasteiger partial charge in [-0.1, -0.05) is 29.8 Å². The lowest BCUT2D eigenvalue weighted by atomic mass is 10.2. The van der Waals surface area contributed by atoms with Crippen molar-refractivity contribution in [2.24, 2.45) is 0 Å². The second kappa shape index (κ2) is 7.81. The first-order valence-electron chi connectivity index (χ1n) is 7.83. The monoisotopic (exact) mass is 356 g/mol. The van der Waals surface area contributed by atoms with Crippen molar-refractivity contribution < 1.29 is 9.53 Å². The minimum atomic E-state index is -0.308. The summed E-state index contributed by atoms with van der Waals surface area (Å²) in [5, 5.41) is 7.75. The Morgan fingerprint density at radius 2 is 2.04 bits per heavy atom. The number of ether oxygens (including phenoxy) is 1. The summed E-state index contributed by atoms with van der Waals surface area (Å²) in [6.45, 7) is 2.73. The van der Waals surface area contributed by atoms with E-state index in [9.17, 15) is 4.79 Å². The number of aromatic nitrogens is 3. The molecule has 0 saturated heterocycles. The van der Waals surface area contributed by atoms with Crippen molar-refractivity contribution in [2.75, 3.05) is 11.9 Å². The summed E-state index contributed by atoms with van der Waals surface area (Å²) in [5.41, 5.74) is 1.29. The van der Waals surface area contributed by atoms with Crippen molar-refractivity contribution in [3.8, 4) is 5.88 Å². The van der Waals surface area contributed by atoms with Crippen molar-refractivity contribution in [1.82, 2.24) is 14.8 Å². The zero-order valence-corrected chi connectivity index (χ0v) is 14.4. The number of anilines is 1. The maximum Gasteiger partial charge on any atom is 0.262 e. The minimum Gasteiger partial charge on any atom is -0.477 e. The van der Waals surface area contributed by atoms with Crippen LogP contribution in [0.1, 0.15) is 22.8 Å². The normalized spacial score (nSPS) is 10.5. The van der Waals surface area contributed by atoms with Gasteiger partial charge in [-0.3, -0.25) is 4.79 Å². The molecule has 0 aliphatic rings. The molecule has 6 nitrogen and oxygen atoms in total. The van der Waals surface area contributed by atoms with Crippen LogP contribution in [0.3, 0.4) is 0 Å². The standard InChI is InChI=1S/C18H17ClN4O2/c1-2-25-18-14(7-5-10-20-18)17(24)22-16-9-11-21-23(16)12-13-6-3-4-8-15(13)19/h3-11H,2,12H2,1H3,(H,22,24). The summed E-state index contributed by atoms with van der Waals surface area (Å²) in [5.74, 6) is 0.563. The highest BCUT2D eigenvalue weighted by Crippen LogP contribution is 2.20. The van der Waals surface area contributed by atoms with E-state index in [1.807, 2.05) is 31.2 Å². The Morgan fingerprint density at radius 1 is 1.20 bits per heavy atom. The second-order valence-corrected chi connectivity index (χ2v) is 5.62. The van der Waals surface area contributed by atoms with Crippen LogP contribution < -0.4 is 10.1 Å². The van der Waals surface area contributed by atoms with E-state index < -0.39 is 0 Å². The Morgan fingerprint density at radius 3 is 2.84 bits per heavy atom. The molecule has 1 amide bonds. The van der Waals surface area contributed by atoms with E-state index >= 15 is 0 Å². The molecule has 1 N–H and O–H groups in total. The van der Waals surface area contributed by atoms with E-state index in [4.69, 9.17) is 16.3 Å². The number of halogens is 1. The lowest BCUT2D eigenvalue weighted by Crippen LogP contribution is -2.17. The van der Waals surface area contributed by atoms with Gasteiger partial charge in [0.15, 0.2) is 0 Å². The van der Waals surface area contributed by atoms with Crippen LogP contribution in [0.25, 0.3) is 0 Å². The summed E-state index contributed by atoms with van der Waals surface area (Å²) in [7, 11) is 0. The minimum absolute atomic E-state index is 0.305. The molecule has 0 unspecified atom stereocenters. The zero-order chi connectivity index (χ0) is 17.6. The molecule has 3 aromatic rings. The Balaban J connectivity index is 1.80. The molecule has 2 heterocycles. The highest BCUT2D eigenvalue weighted by atomic mass is 35.5. The van der Waals surface area contributed by atoms with Crippen LogP contribution in [0.4, 0.5) is 5.82 Å². The third-order valence-electron chi connectivity index (χ3n) is 3.53. The van der Waals surface area contributed by atoms with Gasteiger partial charge in [-0.05, 0) is 30.7 Å². The Hall–Kier alpha value is -2.86. The predicted molar refractivity (Wildman–Crippen MR) is 96.1 cm³/mol. The molecule has 0 fully saturated rings. The van der Waals surface area contributed by atoms with Crippen molar-refractivity contribution >= 4 is 23.3 Å². The first-order valence-corrected chi connectivity index (χ1v) is 8.21. The van der Waals surface area contributed by atoms with E-state index in [2.05, 4.69) is 15.4 Å². The van der Waals surface area contributed by atoms with Gasteiger partial charge < -0.3 is 10.1 Å². The van der Waals surface area contributed by atoms with Crippen LogP contribution in [-0.2, 0) is 6.54 Å². The van der Waals surface area contributed by atoms with Crippen LogP contribution in [0.2, 0.25) is 5.02 Å². The molecule has 0 saturated carbocycles. The second-order valence-electron chi connectivity index (χ2n) is 5.21. The summed E-state index contributed by atoms with van der Waals surface area (Å²) >= 11 is 6.20. The first-order chi connectivity index (χ1) is 12.2. The van der Waals surface area contributed by atoms with Gasteiger partial charge in [-0.15, -0.1) is 0 Å². The Kier molecular flexibility index (Phi) is 5.30. The molecular weight excluding hydrogens is 340 g/mol. The number of amides is 1. The number of carbonyl (C=O) groups excluding carboxylic acids is 1. The van der Waals surface area contributed by atoms with Gasteiger partial charge in [0.25, 0.3) is 5.91 Å². The highest BCUT2D eigenvalue weighted by Gasteiger charge is 2.15. The molecule has 0 atom stereocenters. The van der Waals surface area contributed by atoms with E-state index in [-0.39, 0.29) is 5.91 Å². The number of hydrogen-bond acceptors (Lipinski definition) is 4. The predicted octanol–water partition coefficient (Wildman–Crippen LogP) is 3.63. The van der Waals surface area contributed by atoms with E-state index in [0.717, 1.165) is 5.56 Å². The van der Waals surface area contributed by atoms with Gasteiger partial charge in [-0.25, -0.2) is 9.67 Å². The lowest BCUT2D eigenvalue weighted by Gasteiger charge is -2.11. The van der Waals surface area contributed by atoms with Gasteiger partial charge >= 0.3 is 0 Å². The van der Waals surface area contributed by atoms with Crippen molar-refractivity contribution in [3.63, 3.8) is 0 Å². The largest absolute Gasteiger partial charge is 0.477 e. The van der Waals surface area contributed by atoms with E-state index in [1.54, 1.807) is 35.3 Å². The van der Waals surface area contributed by atoms with Crippen LogP contribution in [0, 0.1) is 0 Å². The summed E-state index contributed by atoms with van der Waals surface area (Å²) in [6.07, 6.45) is 3.21. The van der Waals surface area contributed by atoms with Gasteiger partial charge in [0.2, 0.25) is 5.88 Å². The molecule has 0 aliphatic carbocycles. The van der Waals surface area contributed by atoms with E-state index in [0.29, 0.717) is 35.4 Å². The Labute approximate surface area is 150 Å². The molecular formula is C18H17ClN4O2. The van der Waals surface area contributed by atoms with Crippen molar-refractivity contribution in [2.45, 2.75) is 13.5 Å². The van der Waals surface area contributed by atoms with Gasteiger partial charge in [0, 0.05) is 17.3 Å². The number of nitrogens with one attached hydrogen (secondary N) is 1. The third kappa shape index (κ3) is 3.97. The van der Waals surface area contributed by atoms with Crippen LogP contribution in [0.5, 0.6) is 5.88 Å². The highest BCUT2D eigenvalue weighted by molar-refractivity contribution is 6.31. The molecule has 7 heteroatoms. The number of nitrogens with zero attached hydrogens (tertiary/aromatic N) is 3. The first kappa shape index (κ1) is 17.0. The fourth-order valence-corrected chi connectivity index (χ4v) is 2.55. The molecule has 0 bridgehead atoms. The molecule has 0 aliphatic heterocycles. The summed E-state index contributed by atoms with van der Waals surface area (Å²) in [6, 6.07) is 12.6. The number of pyridine rings is 1. The molecule has 0 radical (unpaired) electrons. The third-order valence-corrected chi connectivity index (χ3v) is 3.90. The fraction of sp³-hybridized carbons (Fsp3) is 0.167. The smallest absolute Gasteiger partial charge is 0.262 e. The molecule has 25 heavy (non-hydrogen) atoms. The molecule has 0 spiro atoms. The molecule has 1 aromatic carbocycles. The topological polar surface area (TPSA) is 69.0 Å². The van der Waals surface area contributed by atoms with E-state index in [1.165, 1.54) is 0 Å². The number of carbonyl (C=O) groups is 1. The van der Waals surface area contributed by atoms with Crippen molar-refractivity contribution in [1.29, 1.82) is 0 Å². The molecule has 3 rings (SSSR count). The number of benzene rings is 1. The number of hydrogen-bond donors (Lipinski definition) is 1. The lowest BCUT2D eigenvalue weighted by molar-refractivity contribution is 0.102. The SMILES string of the molecule is CCOc1ncccc1C(=O)Nc1ccnn1Cc1ccccc1Cl. The maximum atomic E-state index is 12.6. The average molecular weight is 357 g/mol. The van der Waals surface area contributed by atoms with Gasteiger partial charge in [0.05, 0.1) is 19.3 Å². The maximum absolute atomic E-state index is 12.6. The van der Waals surface area contributed by atoms with Crippen LogP contribution >= 0.6 is 11.6 Å². The summed E-state index contributed by atoms with van der Waals surface area (Å²) < 4.78 is 7.08. The molecule has 128 valence electrons. The molecule has 2 aromatic heterocycles. The van der Waals surface area contributed by atoms with Gasteiger partial charge in [0.1, 0.15) is 11.4 Å². The summed E-state index contributed by atoms with van der Waals surface area (Å²) in [4.78, 5) is 16.7. The zero-order valence-electron chi connectivity index (χ0n) is 13.6. The average Bonchev–Trinajstić information content (AvgIpc) is 3.04. The Bertz CT molecular complexity index is 879. The van der Waals surface area contributed by atoms with Crippen LogP contribution in [-0.4, -0.2) is 27.3 Å². The number of rotatable bonds is 6. The fourth-order valence-electron chi connectivity index (χ4n) is 2.35. The van der Waals surface area contributed by atoms with Crippen molar-refractivity contribution in [3.05, 3.63) is 71.0 Å². The van der Waals surface area contributed by atoms with Gasteiger partial charge in [-0.2, -0.15) is 5.10 Å². The van der Waals surface area contributed by atoms with Crippen LogP contribution in [0.15, 0.2) is 54.9 Å². The quantitative estimate of drug-likeness (QED) is 0.732.